The van der Waals surface area contributed by atoms with Gasteiger partial charge in [-0.2, -0.15) is 5.26 Å². The molecule has 1 fully saturated rings. The van der Waals surface area contributed by atoms with Crippen molar-refractivity contribution in [2.24, 2.45) is 11.8 Å². The average Bonchev–Trinajstić information content (AvgIpc) is 2.90. The highest BCUT2D eigenvalue weighted by Gasteiger charge is 2.27. The Morgan fingerprint density at radius 3 is 2.68 bits per heavy atom. The van der Waals surface area contributed by atoms with E-state index in [9.17, 15) is 0 Å². The van der Waals surface area contributed by atoms with Gasteiger partial charge >= 0.3 is 0 Å². The van der Waals surface area contributed by atoms with Gasteiger partial charge in [0.2, 0.25) is 0 Å². The van der Waals surface area contributed by atoms with Crippen LogP contribution in [0.4, 0.5) is 0 Å². The molecule has 0 bridgehead atoms. The van der Waals surface area contributed by atoms with Crippen LogP contribution in [0.15, 0.2) is 36.5 Å². The normalized spacial score (nSPS) is 25.1. The summed E-state index contributed by atoms with van der Waals surface area (Å²) in [6.07, 6.45) is 6.70. The SMILES string of the molecule is CC(c1ccc2ccccn12)C1CCC(C#N)CC1. The summed E-state index contributed by atoms with van der Waals surface area (Å²) in [5.41, 5.74) is 2.69. The predicted octanol–water partition coefficient (Wildman–Crippen LogP) is 4.37. The minimum Gasteiger partial charge on any atom is -0.321 e. The summed E-state index contributed by atoms with van der Waals surface area (Å²) in [5.74, 6) is 1.60. The summed E-state index contributed by atoms with van der Waals surface area (Å²) < 4.78 is 2.31. The first kappa shape index (κ1) is 12.3. The van der Waals surface area contributed by atoms with Crippen molar-refractivity contribution in [2.45, 2.75) is 38.5 Å². The topological polar surface area (TPSA) is 28.2 Å². The van der Waals surface area contributed by atoms with E-state index in [1.54, 1.807) is 0 Å². The zero-order valence-electron chi connectivity index (χ0n) is 11.4. The molecule has 1 aliphatic rings. The zero-order valence-corrected chi connectivity index (χ0v) is 11.4. The van der Waals surface area contributed by atoms with Gasteiger partial charge in [0.05, 0.1) is 6.07 Å². The van der Waals surface area contributed by atoms with Crippen LogP contribution in [-0.4, -0.2) is 4.40 Å². The Bertz CT molecular complexity index is 597. The van der Waals surface area contributed by atoms with E-state index in [1.165, 1.54) is 24.1 Å². The van der Waals surface area contributed by atoms with Gasteiger partial charge < -0.3 is 4.40 Å². The smallest absolute Gasteiger partial charge is 0.0655 e. The molecule has 19 heavy (non-hydrogen) atoms. The first-order valence-corrected chi connectivity index (χ1v) is 7.25. The van der Waals surface area contributed by atoms with Gasteiger partial charge in [-0.3, -0.25) is 0 Å². The molecule has 1 atom stereocenters. The molecule has 0 saturated heterocycles. The lowest BCUT2D eigenvalue weighted by molar-refractivity contribution is 0.278. The maximum atomic E-state index is 8.99. The zero-order chi connectivity index (χ0) is 13.2. The Morgan fingerprint density at radius 2 is 1.95 bits per heavy atom. The number of rotatable bonds is 2. The number of nitrogens with zero attached hydrogens (tertiary/aromatic N) is 2. The number of hydrogen-bond acceptors (Lipinski definition) is 1. The second-order valence-corrected chi connectivity index (χ2v) is 5.78. The number of hydrogen-bond donors (Lipinski definition) is 0. The Kier molecular flexibility index (Phi) is 3.29. The largest absolute Gasteiger partial charge is 0.321 e. The van der Waals surface area contributed by atoms with E-state index in [1.807, 2.05) is 0 Å². The van der Waals surface area contributed by atoms with Crippen LogP contribution in [0.2, 0.25) is 0 Å². The van der Waals surface area contributed by atoms with Gasteiger partial charge in [0.25, 0.3) is 0 Å². The van der Waals surface area contributed by atoms with E-state index >= 15 is 0 Å². The van der Waals surface area contributed by atoms with Crippen LogP contribution in [0, 0.1) is 23.2 Å². The molecule has 98 valence electrons. The molecular weight excluding hydrogens is 232 g/mol. The molecule has 0 aliphatic heterocycles. The summed E-state index contributed by atoms with van der Waals surface area (Å²) in [4.78, 5) is 0. The van der Waals surface area contributed by atoms with Crippen LogP contribution < -0.4 is 0 Å². The Hall–Kier alpha value is -1.75. The number of aromatic nitrogens is 1. The molecule has 1 saturated carbocycles. The van der Waals surface area contributed by atoms with Gasteiger partial charge in [0.15, 0.2) is 0 Å². The molecule has 2 aromatic heterocycles. The fraction of sp³-hybridized carbons (Fsp3) is 0.471. The van der Waals surface area contributed by atoms with Crippen LogP contribution in [0.5, 0.6) is 0 Å². The van der Waals surface area contributed by atoms with Crippen molar-refractivity contribution in [1.29, 1.82) is 5.26 Å². The van der Waals surface area contributed by atoms with Crippen molar-refractivity contribution in [2.75, 3.05) is 0 Å². The molecule has 0 aromatic carbocycles. The first-order valence-electron chi connectivity index (χ1n) is 7.25. The van der Waals surface area contributed by atoms with E-state index in [-0.39, 0.29) is 0 Å². The third kappa shape index (κ3) is 2.26. The molecule has 0 amide bonds. The summed E-state index contributed by atoms with van der Waals surface area (Å²) in [6.45, 7) is 2.34. The van der Waals surface area contributed by atoms with E-state index in [2.05, 4.69) is 53.9 Å². The highest BCUT2D eigenvalue weighted by atomic mass is 14.9. The molecule has 2 heterocycles. The van der Waals surface area contributed by atoms with Gasteiger partial charge in [-0.05, 0) is 61.8 Å². The Morgan fingerprint density at radius 1 is 1.16 bits per heavy atom. The molecular formula is C17H20N2. The van der Waals surface area contributed by atoms with E-state index < -0.39 is 0 Å². The fourth-order valence-corrected chi connectivity index (χ4v) is 3.44. The van der Waals surface area contributed by atoms with Crippen LogP contribution in [0.1, 0.15) is 44.2 Å². The van der Waals surface area contributed by atoms with Crippen molar-refractivity contribution in [3.8, 4) is 6.07 Å². The van der Waals surface area contributed by atoms with Crippen LogP contribution in [0.25, 0.3) is 5.52 Å². The molecule has 1 aliphatic carbocycles. The highest BCUT2D eigenvalue weighted by molar-refractivity contribution is 5.49. The fourth-order valence-electron chi connectivity index (χ4n) is 3.44. The molecule has 0 N–H and O–H groups in total. The minimum atomic E-state index is 0.299. The van der Waals surface area contributed by atoms with Crippen molar-refractivity contribution in [3.05, 3.63) is 42.2 Å². The van der Waals surface area contributed by atoms with Gasteiger partial charge in [0.1, 0.15) is 0 Å². The quantitative estimate of drug-likeness (QED) is 0.780. The molecule has 2 heteroatoms. The van der Waals surface area contributed by atoms with Crippen LogP contribution in [-0.2, 0) is 0 Å². The van der Waals surface area contributed by atoms with Gasteiger partial charge in [-0.25, -0.2) is 0 Å². The lowest BCUT2D eigenvalue weighted by atomic mass is 9.76. The summed E-state index contributed by atoms with van der Waals surface area (Å²) in [7, 11) is 0. The first-order chi connectivity index (χ1) is 9.29. The van der Waals surface area contributed by atoms with Crippen molar-refractivity contribution < 1.29 is 0 Å². The standard InChI is InChI=1S/C17H20N2/c1-13(15-7-5-14(12-18)6-8-15)17-10-9-16-4-2-3-11-19(16)17/h2-4,9-11,13-15H,5-8H2,1H3. The molecule has 1 unspecified atom stereocenters. The van der Waals surface area contributed by atoms with Crippen LogP contribution in [0.3, 0.4) is 0 Å². The van der Waals surface area contributed by atoms with Crippen LogP contribution >= 0.6 is 0 Å². The minimum absolute atomic E-state index is 0.299. The maximum absolute atomic E-state index is 8.99. The third-order valence-electron chi connectivity index (χ3n) is 4.72. The molecule has 0 radical (unpaired) electrons. The maximum Gasteiger partial charge on any atom is 0.0655 e. The Balaban J connectivity index is 1.81. The number of pyridine rings is 1. The van der Waals surface area contributed by atoms with E-state index in [4.69, 9.17) is 5.26 Å². The van der Waals surface area contributed by atoms with E-state index in [0.717, 1.165) is 18.8 Å². The summed E-state index contributed by atoms with van der Waals surface area (Å²) in [5, 5.41) is 8.99. The van der Waals surface area contributed by atoms with Crippen molar-refractivity contribution in [1.82, 2.24) is 4.40 Å². The molecule has 2 nitrogen and oxygen atoms in total. The molecule has 0 spiro atoms. The predicted molar refractivity (Wildman–Crippen MR) is 76.9 cm³/mol. The van der Waals surface area contributed by atoms with E-state index in [0.29, 0.717) is 11.8 Å². The third-order valence-corrected chi connectivity index (χ3v) is 4.72. The second kappa shape index (κ2) is 5.09. The lowest BCUT2D eigenvalue weighted by Gasteiger charge is -2.29. The van der Waals surface area contributed by atoms with Gasteiger partial charge in [-0.1, -0.05) is 13.0 Å². The molecule has 3 rings (SSSR count). The van der Waals surface area contributed by atoms with Gasteiger partial charge in [0, 0.05) is 23.3 Å². The monoisotopic (exact) mass is 252 g/mol. The molecule has 2 aromatic rings. The van der Waals surface area contributed by atoms with Crippen molar-refractivity contribution in [3.63, 3.8) is 0 Å². The summed E-state index contributed by atoms with van der Waals surface area (Å²) in [6, 6.07) is 13.2. The number of fused-ring (bicyclic) bond motifs is 1. The highest BCUT2D eigenvalue weighted by Crippen LogP contribution is 2.38. The van der Waals surface area contributed by atoms with Crippen molar-refractivity contribution >= 4 is 5.52 Å². The second-order valence-electron chi connectivity index (χ2n) is 5.78. The lowest BCUT2D eigenvalue weighted by Crippen LogP contribution is -2.19. The van der Waals surface area contributed by atoms with Gasteiger partial charge in [-0.15, -0.1) is 0 Å². The average molecular weight is 252 g/mol. The summed E-state index contributed by atoms with van der Waals surface area (Å²) >= 11 is 0. The number of nitriles is 1. The Labute approximate surface area is 114 Å².